The van der Waals surface area contributed by atoms with E-state index in [9.17, 15) is 24.6 Å². The number of piperidine rings is 1. The van der Waals surface area contributed by atoms with Crippen LogP contribution in [0.5, 0.6) is 0 Å². The second kappa shape index (κ2) is 10.7. The first kappa shape index (κ1) is 27.5. The van der Waals surface area contributed by atoms with Gasteiger partial charge in [0.1, 0.15) is 6.61 Å². The highest BCUT2D eigenvalue weighted by molar-refractivity contribution is 7.15. The highest BCUT2D eigenvalue weighted by Crippen LogP contribution is 2.63. The van der Waals surface area contributed by atoms with Gasteiger partial charge in [-0.15, -0.1) is 11.3 Å². The van der Waals surface area contributed by atoms with Crippen LogP contribution in [-0.2, 0) is 20.7 Å². The zero-order chi connectivity index (χ0) is 27.0. The summed E-state index contributed by atoms with van der Waals surface area (Å²) in [6.07, 6.45) is 3.35. The Bertz CT molecular complexity index is 1050. The van der Waals surface area contributed by atoms with Gasteiger partial charge < -0.3 is 25.6 Å². The van der Waals surface area contributed by atoms with Crippen LogP contribution in [0.15, 0.2) is 12.7 Å². The third kappa shape index (κ3) is 5.13. The Kier molecular flexibility index (Phi) is 7.96. The number of carbonyl (C=O) groups excluding carboxylic acids is 3. The van der Waals surface area contributed by atoms with Gasteiger partial charge in [0.2, 0.25) is 11.8 Å². The molecule has 10 nitrogen and oxygen atoms in total. The fourth-order valence-corrected chi connectivity index (χ4v) is 7.73. The second-order valence-corrected chi connectivity index (χ2v) is 12.2. The normalized spacial score (nSPS) is 31.7. The third-order valence-electron chi connectivity index (χ3n) is 9.06. The Hall–Kier alpha value is -2.50. The van der Waals surface area contributed by atoms with Gasteiger partial charge in [-0.1, -0.05) is 26.5 Å². The fraction of sp³-hybridized carbons (Fsp3) is 0.692. The molecule has 4 rings (SSSR count). The van der Waals surface area contributed by atoms with Gasteiger partial charge in [0.15, 0.2) is 5.13 Å². The molecule has 0 unspecified atom stereocenters. The number of nitrogens with two attached hydrogens (primary N) is 1. The van der Waals surface area contributed by atoms with E-state index in [0.717, 1.165) is 10.6 Å². The molecule has 2 aliphatic carbocycles. The summed E-state index contributed by atoms with van der Waals surface area (Å²) >= 11 is 1.35. The molecule has 1 saturated carbocycles. The largest absolute Gasteiger partial charge is 0.445 e. The number of hydrogen-bond donors (Lipinski definition) is 4. The van der Waals surface area contributed by atoms with Crippen LogP contribution in [-0.4, -0.2) is 70.4 Å². The Morgan fingerprint density at radius 3 is 2.62 bits per heavy atom. The van der Waals surface area contributed by atoms with Crippen molar-refractivity contribution in [3.8, 4) is 0 Å². The van der Waals surface area contributed by atoms with Gasteiger partial charge in [-0.3, -0.25) is 14.9 Å². The number of nitrogens with one attached hydrogen (secondary N) is 1. The lowest BCUT2D eigenvalue weighted by Crippen LogP contribution is -2.58. The molecule has 1 aromatic heterocycles. The minimum atomic E-state index is -0.730. The van der Waals surface area contributed by atoms with E-state index in [-0.39, 0.29) is 54.6 Å². The molecular weight excluding hydrogens is 496 g/mol. The Labute approximate surface area is 221 Å². The number of carbonyl (C=O) groups is 3. The van der Waals surface area contributed by atoms with Crippen LogP contribution in [0.25, 0.3) is 0 Å². The summed E-state index contributed by atoms with van der Waals surface area (Å²) in [5.74, 6) is -0.869. The molecule has 5 N–H and O–H groups in total. The molecule has 1 saturated heterocycles. The van der Waals surface area contributed by atoms with Crippen LogP contribution in [0, 0.1) is 22.7 Å². The summed E-state index contributed by atoms with van der Waals surface area (Å²) in [6.45, 7) is 8.49. The predicted molar refractivity (Wildman–Crippen MR) is 139 cm³/mol. The lowest BCUT2D eigenvalue weighted by Gasteiger charge is -2.58. The van der Waals surface area contributed by atoms with Crippen molar-refractivity contribution in [3.05, 3.63) is 23.2 Å². The van der Waals surface area contributed by atoms with Crippen molar-refractivity contribution < 1.29 is 29.3 Å². The predicted octanol–water partition coefficient (Wildman–Crippen LogP) is 2.41. The van der Waals surface area contributed by atoms with Gasteiger partial charge >= 0.3 is 6.09 Å². The van der Waals surface area contributed by atoms with Crippen molar-refractivity contribution in [2.45, 2.75) is 64.4 Å². The molecule has 204 valence electrons. The van der Waals surface area contributed by atoms with E-state index in [1.165, 1.54) is 17.4 Å². The average Bonchev–Trinajstić information content (AvgIpc) is 3.28. The monoisotopic (exact) mass is 534 g/mol. The van der Waals surface area contributed by atoms with Crippen LogP contribution in [0.1, 0.15) is 62.4 Å². The van der Waals surface area contributed by atoms with E-state index in [4.69, 9.17) is 15.5 Å². The molecule has 3 amide bonds. The number of thiazole rings is 1. The number of primary amides is 1. The van der Waals surface area contributed by atoms with Crippen molar-refractivity contribution in [2.24, 2.45) is 28.4 Å². The highest BCUT2D eigenvalue weighted by Gasteiger charge is 2.59. The smallest absolute Gasteiger partial charge is 0.413 e. The standard InChI is InChI=1S/C26H38N4O6S/c1-4-11-36-24(35)29-23-28-21-16(12-20(33)30-9-6-15(7-10-30)22(27)34)25(2)8-5-19(32)26(3,14-31)18(25)13-17(21)37-23/h4,15-16,18-19,31-32H,1,5-14H2,2-3H3,(H2,27,34)(H,28,29,35)/t16-,18+,19-,25+,26+/m1/s1. The van der Waals surface area contributed by atoms with Crippen LogP contribution in [0.3, 0.4) is 0 Å². The number of likely N-dealkylation sites (tertiary alicyclic amines) is 1. The van der Waals surface area contributed by atoms with Gasteiger partial charge in [0.05, 0.1) is 18.4 Å². The maximum Gasteiger partial charge on any atom is 0.413 e. The molecule has 0 radical (unpaired) electrons. The molecule has 1 aromatic rings. The highest BCUT2D eigenvalue weighted by atomic mass is 32.1. The number of rotatable bonds is 7. The van der Waals surface area contributed by atoms with E-state index in [2.05, 4.69) is 18.8 Å². The molecule has 0 spiro atoms. The molecular formula is C26H38N4O6S. The summed E-state index contributed by atoms with van der Waals surface area (Å²) in [5, 5.41) is 24.4. The first-order valence-electron chi connectivity index (χ1n) is 12.9. The van der Waals surface area contributed by atoms with Crippen molar-refractivity contribution in [2.75, 3.05) is 31.6 Å². The van der Waals surface area contributed by atoms with E-state index < -0.39 is 17.6 Å². The minimum Gasteiger partial charge on any atom is -0.445 e. The Balaban J connectivity index is 1.64. The Morgan fingerprint density at radius 1 is 1.30 bits per heavy atom. The van der Waals surface area contributed by atoms with Gasteiger partial charge in [-0.05, 0) is 43.4 Å². The third-order valence-corrected chi connectivity index (χ3v) is 10.1. The number of aromatic nitrogens is 1. The van der Waals surface area contributed by atoms with Crippen molar-refractivity contribution in [1.82, 2.24) is 9.88 Å². The molecule has 1 aliphatic heterocycles. The number of nitrogens with zero attached hydrogens (tertiary/aromatic N) is 2. The van der Waals surface area contributed by atoms with Gasteiger partial charge in [-0.2, -0.15) is 0 Å². The van der Waals surface area contributed by atoms with E-state index in [0.29, 0.717) is 50.3 Å². The molecule has 0 bridgehead atoms. The number of aliphatic hydroxyl groups is 2. The van der Waals surface area contributed by atoms with Crippen LogP contribution in [0.2, 0.25) is 0 Å². The zero-order valence-corrected chi connectivity index (χ0v) is 22.4. The molecule has 11 heteroatoms. The lowest BCUT2D eigenvalue weighted by molar-refractivity contribution is -0.148. The van der Waals surface area contributed by atoms with Crippen molar-refractivity contribution >= 4 is 34.4 Å². The van der Waals surface area contributed by atoms with Crippen LogP contribution >= 0.6 is 11.3 Å². The number of ether oxygens (including phenoxy) is 1. The van der Waals surface area contributed by atoms with Crippen LogP contribution in [0.4, 0.5) is 9.93 Å². The summed E-state index contributed by atoms with van der Waals surface area (Å²) in [7, 11) is 0. The van der Waals surface area contributed by atoms with Crippen molar-refractivity contribution in [1.29, 1.82) is 0 Å². The van der Waals surface area contributed by atoms with Gasteiger partial charge in [-0.25, -0.2) is 9.78 Å². The molecule has 37 heavy (non-hydrogen) atoms. The van der Waals surface area contributed by atoms with Gasteiger partial charge in [0, 0.05) is 41.6 Å². The first-order valence-corrected chi connectivity index (χ1v) is 13.8. The molecule has 2 heterocycles. The second-order valence-electron chi connectivity index (χ2n) is 11.1. The summed E-state index contributed by atoms with van der Waals surface area (Å²) in [4.78, 5) is 44.8. The fourth-order valence-electron chi connectivity index (χ4n) is 6.67. The van der Waals surface area contributed by atoms with Gasteiger partial charge in [0.25, 0.3) is 0 Å². The molecule has 2 fully saturated rings. The topological polar surface area (TPSA) is 155 Å². The molecule has 5 atom stereocenters. The quantitative estimate of drug-likeness (QED) is 0.392. The SMILES string of the molecule is C=CCOC(=O)Nc1nc2c(s1)C[C@@H]1[C@](C)(CO)[C@H](O)CC[C@@]1(C)[C@@H]2CC(=O)N1CCC(C(N)=O)CC1. The number of amides is 3. The number of anilines is 1. The molecule has 0 aromatic carbocycles. The molecule has 3 aliphatic rings. The van der Waals surface area contributed by atoms with Crippen molar-refractivity contribution in [3.63, 3.8) is 0 Å². The lowest BCUT2D eigenvalue weighted by atomic mass is 9.47. The van der Waals surface area contributed by atoms with E-state index in [1.54, 1.807) is 4.90 Å². The first-order chi connectivity index (χ1) is 17.5. The van der Waals surface area contributed by atoms with E-state index in [1.807, 2.05) is 6.92 Å². The van der Waals surface area contributed by atoms with Crippen LogP contribution < -0.4 is 11.1 Å². The summed E-state index contributed by atoms with van der Waals surface area (Å²) < 4.78 is 5.04. The number of fused-ring (bicyclic) bond motifs is 2. The Morgan fingerprint density at radius 2 is 2.00 bits per heavy atom. The summed E-state index contributed by atoms with van der Waals surface area (Å²) in [6, 6.07) is 0. The summed E-state index contributed by atoms with van der Waals surface area (Å²) in [5.41, 5.74) is 5.13. The maximum atomic E-state index is 13.6. The maximum absolute atomic E-state index is 13.6. The van der Waals surface area contributed by atoms with E-state index >= 15 is 0 Å². The number of hydrogen-bond acceptors (Lipinski definition) is 8. The average molecular weight is 535 g/mol. The zero-order valence-electron chi connectivity index (χ0n) is 21.6. The number of aliphatic hydroxyl groups excluding tert-OH is 2. The minimum absolute atomic E-state index is 0.00882.